The van der Waals surface area contributed by atoms with Crippen LogP contribution in [-0.4, -0.2) is 89.8 Å². The van der Waals surface area contributed by atoms with E-state index >= 15 is 0 Å². The molecule has 40 heavy (non-hydrogen) atoms. The lowest BCUT2D eigenvalue weighted by molar-refractivity contribution is -0.181. The summed E-state index contributed by atoms with van der Waals surface area (Å²) in [5.74, 6) is -9.98. The number of phenolic OH excluding ortho intramolecular Hbond substituents is 1. The molecule has 216 valence electrons. The number of aliphatic hydroxyl groups is 1. The summed E-state index contributed by atoms with van der Waals surface area (Å²) >= 11 is 0. The topological polar surface area (TPSA) is 163 Å². The Hall–Kier alpha value is -3.44. The number of aromatic hydroxyl groups is 1. The molecule has 0 saturated heterocycles. The number of likely N-dealkylation sites (N-methyl/N-ethyl adjacent to an activating group) is 1. The van der Waals surface area contributed by atoms with Gasteiger partial charge < -0.3 is 20.4 Å². The number of carbonyl (C=O) groups is 5. The molecule has 6 atom stereocenters. The normalized spacial score (nSPS) is 30.6. The lowest BCUT2D eigenvalue weighted by Crippen LogP contribution is -2.74. The molecule has 11 heteroatoms. The summed E-state index contributed by atoms with van der Waals surface area (Å²) < 4.78 is 0. The quantitative estimate of drug-likeness (QED) is 0.277. The summed E-state index contributed by atoms with van der Waals surface area (Å²) in [5, 5.41) is 29.5. The summed E-state index contributed by atoms with van der Waals surface area (Å²) in [4.78, 5) is 74.4. The van der Waals surface area contributed by atoms with Gasteiger partial charge in [0.2, 0.25) is 5.91 Å². The van der Waals surface area contributed by atoms with Gasteiger partial charge in [0.1, 0.15) is 12.9 Å². The summed E-state index contributed by atoms with van der Waals surface area (Å²) in [6.07, 6.45) is 0.163. The molecule has 2 unspecified atom stereocenters. The summed E-state index contributed by atoms with van der Waals surface area (Å²) in [5.41, 5.74) is -1.34. The number of carbonyl (C=O) groups excluding carboxylic acids is 5. The molecular weight excluding hydrogens is 518 g/mol. The molecule has 4 rings (SSSR count). The third-order valence-electron chi connectivity index (χ3n) is 8.71. The smallest absolute Gasteiger partial charge is 0.238 e. The van der Waals surface area contributed by atoms with Gasteiger partial charge in [0.15, 0.2) is 34.7 Å². The van der Waals surface area contributed by atoms with Crippen LogP contribution in [-0.2, 0) is 35.9 Å². The average Bonchev–Trinajstić information content (AvgIpc) is 2.85. The van der Waals surface area contributed by atoms with Crippen molar-refractivity contribution in [2.24, 2.45) is 28.8 Å². The van der Waals surface area contributed by atoms with Crippen LogP contribution in [0, 0.1) is 23.7 Å². The van der Waals surface area contributed by atoms with Gasteiger partial charge in [-0.05, 0) is 56.8 Å². The lowest BCUT2D eigenvalue weighted by Gasteiger charge is -2.52. The van der Waals surface area contributed by atoms with Crippen molar-refractivity contribution in [3.8, 4) is 5.75 Å². The zero-order valence-corrected chi connectivity index (χ0v) is 24.1. The molecule has 3 aliphatic rings. The van der Waals surface area contributed by atoms with E-state index in [1.54, 1.807) is 27.1 Å². The Labute approximate surface area is 232 Å². The molecule has 0 bridgehead atoms. The molecule has 2 saturated carbocycles. The maximum absolute atomic E-state index is 14.1. The van der Waals surface area contributed by atoms with Gasteiger partial charge in [0, 0.05) is 24.1 Å². The second-order valence-electron chi connectivity index (χ2n) is 12.3. The van der Waals surface area contributed by atoms with Gasteiger partial charge in [-0.1, -0.05) is 25.9 Å². The van der Waals surface area contributed by atoms with Gasteiger partial charge in [-0.25, -0.2) is 0 Å². The maximum Gasteiger partial charge on any atom is 0.238 e. The van der Waals surface area contributed by atoms with E-state index < -0.39 is 69.8 Å². The third-order valence-corrected chi connectivity index (χ3v) is 8.71. The first-order chi connectivity index (χ1) is 18.5. The highest BCUT2D eigenvalue weighted by molar-refractivity contribution is 6.32. The molecule has 0 heterocycles. The molecule has 0 radical (unpaired) electrons. The Morgan fingerprint density at radius 1 is 1.18 bits per heavy atom. The van der Waals surface area contributed by atoms with E-state index in [4.69, 9.17) is 4.84 Å². The fourth-order valence-corrected chi connectivity index (χ4v) is 6.88. The van der Waals surface area contributed by atoms with Crippen LogP contribution in [0.3, 0.4) is 0 Å². The van der Waals surface area contributed by atoms with Crippen molar-refractivity contribution >= 4 is 34.8 Å². The van der Waals surface area contributed by atoms with Crippen molar-refractivity contribution in [2.45, 2.75) is 57.6 Å². The van der Waals surface area contributed by atoms with Crippen LogP contribution >= 0.6 is 0 Å². The minimum Gasteiger partial charge on any atom is -0.507 e. The summed E-state index contributed by atoms with van der Waals surface area (Å²) in [7, 11) is 5.80. The van der Waals surface area contributed by atoms with Gasteiger partial charge in [0.05, 0.1) is 23.2 Å². The monoisotopic (exact) mass is 555 g/mol. The van der Waals surface area contributed by atoms with E-state index in [0.29, 0.717) is 22.4 Å². The zero-order chi connectivity index (χ0) is 30.1. The lowest BCUT2D eigenvalue weighted by atomic mass is 9.52. The zero-order valence-electron chi connectivity index (χ0n) is 24.1. The first-order valence-corrected chi connectivity index (χ1v) is 13.3. The summed E-state index contributed by atoms with van der Waals surface area (Å²) in [6.45, 7) is 7.32. The molecule has 0 aliphatic heterocycles. The SMILES string of the molecule is CNC(=O)C1C(=O)[C@@H](N(C)C)[C@@H]2C[C@@H]3Cc4c(C(C)=NOC)cc(C(C)(C)C)c(O)c4C(=O)C3C(=O)[C@]2(O)C1=O. The first-order valence-electron chi connectivity index (χ1n) is 13.3. The number of hydrogen-bond acceptors (Lipinski definition) is 10. The van der Waals surface area contributed by atoms with Crippen LogP contribution in [0.2, 0.25) is 0 Å². The molecule has 11 nitrogen and oxygen atoms in total. The predicted octanol–water partition coefficient (Wildman–Crippen LogP) is 0.796. The molecule has 3 N–H and O–H groups in total. The van der Waals surface area contributed by atoms with E-state index in [9.17, 15) is 34.2 Å². The van der Waals surface area contributed by atoms with Crippen molar-refractivity contribution in [1.82, 2.24) is 10.2 Å². The highest BCUT2D eigenvalue weighted by Crippen LogP contribution is 2.52. The Morgan fingerprint density at radius 3 is 2.33 bits per heavy atom. The van der Waals surface area contributed by atoms with Gasteiger partial charge in [-0.2, -0.15) is 0 Å². The number of fused-ring (bicyclic) bond motifs is 3. The van der Waals surface area contributed by atoms with Gasteiger partial charge in [-0.15, -0.1) is 0 Å². The van der Waals surface area contributed by atoms with Crippen molar-refractivity contribution in [3.05, 3.63) is 28.3 Å². The number of ketones is 4. The number of nitrogens with zero attached hydrogens (tertiary/aromatic N) is 2. The molecule has 0 spiro atoms. The Bertz CT molecular complexity index is 1360. The molecule has 3 aliphatic carbocycles. The van der Waals surface area contributed by atoms with E-state index in [0.717, 1.165) is 0 Å². The standard InChI is InChI=1S/C29H37N3O8/c1-12(31-40-8)14-11-17(28(2,3)4)22(33)19-15(14)9-13-10-16-21(32(6)7)24(35)20(27(38)30-5)26(37)29(16,39)25(36)18(13)23(19)34/h11,13,16,18,20-21,33,39H,9-10H2,1-8H3,(H,30,38)/t13-,16-,18?,20?,21-,29-/m0/s1. The Balaban J connectivity index is 1.95. The number of phenols is 1. The fourth-order valence-electron chi connectivity index (χ4n) is 6.88. The Morgan fingerprint density at radius 2 is 1.80 bits per heavy atom. The van der Waals surface area contributed by atoms with Crippen molar-refractivity contribution in [3.63, 3.8) is 0 Å². The first kappa shape index (κ1) is 29.5. The fraction of sp³-hybridized carbons (Fsp3) is 0.586. The van der Waals surface area contributed by atoms with E-state index in [1.807, 2.05) is 20.8 Å². The highest BCUT2D eigenvalue weighted by Gasteiger charge is 2.69. The van der Waals surface area contributed by atoms with Gasteiger partial charge in [-0.3, -0.25) is 28.9 Å². The van der Waals surface area contributed by atoms with E-state index in [1.165, 1.54) is 19.1 Å². The van der Waals surface area contributed by atoms with Crippen LogP contribution in [0.15, 0.2) is 11.2 Å². The molecular formula is C29H37N3O8. The number of oxime groups is 1. The minimum absolute atomic E-state index is 0.000565. The second kappa shape index (κ2) is 9.88. The van der Waals surface area contributed by atoms with Crippen LogP contribution in [0.25, 0.3) is 0 Å². The number of rotatable bonds is 4. The number of amides is 1. The van der Waals surface area contributed by atoms with Crippen molar-refractivity contribution in [1.29, 1.82) is 0 Å². The summed E-state index contributed by atoms with van der Waals surface area (Å²) in [6, 6.07) is 0.657. The maximum atomic E-state index is 14.1. The van der Waals surface area contributed by atoms with Crippen LogP contribution in [0.1, 0.15) is 61.2 Å². The Kier molecular flexibility index (Phi) is 7.30. The second-order valence-corrected chi connectivity index (χ2v) is 12.3. The number of Topliss-reactive ketones (excluding diaryl/α,β-unsaturated/α-hetero) is 4. The molecule has 0 aromatic heterocycles. The minimum atomic E-state index is -2.72. The largest absolute Gasteiger partial charge is 0.507 e. The van der Waals surface area contributed by atoms with E-state index in [-0.39, 0.29) is 24.2 Å². The van der Waals surface area contributed by atoms with Crippen LogP contribution in [0.4, 0.5) is 0 Å². The van der Waals surface area contributed by atoms with Gasteiger partial charge >= 0.3 is 0 Å². The number of nitrogens with one attached hydrogen (secondary N) is 1. The third kappa shape index (κ3) is 4.09. The molecule has 1 amide bonds. The highest BCUT2D eigenvalue weighted by atomic mass is 16.6. The number of benzene rings is 1. The van der Waals surface area contributed by atoms with E-state index in [2.05, 4.69) is 10.5 Å². The molecule has 2 fully saturated rings. The molecule has 1 aromatic rings. The average molecular weight is 556 g/mol. The molecule has 1 aromatic carbocycles. The van der Waals surface area contributed by atoms with Crippen LogP contribution in [0.5, 0.6) is 5.75 Å². The van der Waals surface area contributed by atoms with Crippen molar-refractivity contribution in [2.75, 3.05) is 28.3 Å². The predicted molar refractivity (Wildman–Crippen MR) is 144 cm³/mol. The van der Waals surface area contributed by atoms with Gasteiger partial charge in [0.25, 0.3) is 0 Å². The number of hydrogen-bond donors (Lipinski definition) is 3. The van der Waals surface area contributed by atoms with Crippen molar-refractivity contribution < 1.29 is 39.0 Å². The van der Waals surface area contributed by atoms with Crippen LogP contribution < -0.4 is 5.32 Å².